The lowest BCUT2D eigenvalue weighted by molar-refractivity contribution is 0.226. The van der Waals surface area contributed by atoms with Gasteiger partial charge in [-0.25, -0.2) is 0 Å². The molecule has 1 rings (SSSR count). The lowest BCUT2D eigenvalue weighted by Crippen LogP contribution is -2.26. The predicted molar refractivity (Wildman–Crippen MR) is 66.7 cm³/mol. The number of nitrogens with one attached hydrogen (secondary N) is 1. The zero-order valence-corrected chi connectivity index (χ0v) is 10.0. The van der Waals surface area contributed by atoms with Crippen LogP contribution in [0.15, 0.2) is 18.2 Å². The van der Waals surface area contributed by atoms with Gasteiger partial charge in [0.25, 0.3) is 0 Å². The molecule has 0 fully saturated rings. The van der Waals surface area contributed by atoms with Crippen molar-refractivity contribution in [2.24, 2.45) is 5.92 Å². The van der Waals surface area contributed by atoms with Crippen LogP contribution in [0.25, 0.3) is 0 Å². The molecule has 4 nitrogen and oxygen atoms in total. The van der Waals surface area contributed by atoms with Crippen LogP contribution in [0.1, 0.15) is 13.8 Å². The third-order valence-corrected chi connectivity index (χ3v) is 2.81. The van der Waals surface area contributed by atoms with Gasteiger partial charge in [-0.2, -0.15) is 0 Å². The van der Waals surface area contributed by atoms with E-state index >= 15 is 0 Å². The summed E-state index contributed by atoms with van der Waals surface area (Å²) in [5.74, 6) is 0.833. The third kappa shape index (κ3) is 2.79. The van der Waals surface area contributed by atoms with Crippen LogP contribution in [0.2, 0.25) is 0 Å². The number of hydrogen-bond acceptors (Lipinski definition) is 4. The molecule has 0 radical (unpaired) electrons. The highest BCUT2D eigenvalue weighted by molar-refractivity contribution is 5.73. The highest BCUT2D eigenvalue weighted by Gasteiger charge is 2.13. The van der Waals surface area contributed by atoms with Crippen LogP contribution in [0.4, 0.5) is 11.4 Å². The molecule has 0 aromatic heterocycles. The molecule has 0 saturated carbocycles. The number of nitrogen functional groups attached to an aromatic ring is 1. The molecule has 0 bridgehead atoms. The van der Waals surface area contributed by atoms with Gasteiger partial charge < -0.3 is 20.9 Å². The fourth-order valence-corrected chi connectivity index (χ4v) is 1.39. The van der Waals surface area contributed by atoms with E-state index in [0.29, 0.717) is 11.4 Å². The van der Waals surface area contributed by atoms with Gasteiger partial charge in [0.2, 0.25) is 0 Å². The van der Waals surface area contributed by atoms with Crippen molar-refractivity contribution in [3.8, 4) is 5.75 Å². The summed E-state index contributed by atoms with van der Waals surface area (Å²) in [4.78, 5) is 0. The summed E-state index contributed by atoms with van der Waals surface area (Å²) in [6.45, 7) is 4.14. The Balaban J connectivity index is 2.81. The van der Waals surface area contributed by atoms with E-state index in [1.807, 2.05) is 32.0 Å². The van der Waals surface area contributed by atoms with E-state index in [4.69, 9.17) is 15.6 Å². The summed E-state index contributed by atoms with van der Waals surface area (Å²) >= 11 is 0. The molecule has 2 atom stereocenters. The number of rotatable bonds is 5. The SMILES string of the molecule is COc1cccc(NC(C)C(C)CO)c1N. The molecule has 16 heavy (non-hydrogen) atoms. The van der Waals surface area contributed by atoms with Crippen molar-refractivity contribution < 1.29 is 9.84 Å². The number of anilines is 2. The maximum absolute atomic E-state index is 9.06. The Bertz CT molecular complexity index is 342. The van der Waals surface area contributed by atoms with Crippen molar-refractivity contribution in [2.45, 2.75) is 19.9 Å². The molecule has 1 aromatic carbocycles. The Morgan fingerprint density at radius 1 is 1.44 bits per heavy atom. The van der Waals surface area contributed by atoms with E-state index in [0.717, 1.165) is 5.69 Å². The maximum atomic E-state index is 9.06. The molecular formula is C12H20N2O2. The number of aliphatic hydroxyl groups is 1. The van der Waals surface area contributed by atoms with Gasteiger partial charge in [0.1, 0.15) is 5.75 Å². The number of para-hydroxylation sites is 1. The molecule has 4 heteroatoms. The lowest BCUT2D eigenvalue weighted by atomic mass is 10.0. The minimum Gasteiger partial charge on any atom is -0.495 e. The Morgan fingerprint density at radius 3 is 2.69 bits per heavy atom. The van der Waals surface area contributed by atoms with Crippen LogP contribution >= 0.6 is 0 Å². The second-order valence-corrected chi connectivity index (χ2v) is 4.01. The Morgan fingerprint density at radius 2 is 2.12 bits per heavy atom. The van der Waals surface area contributed by atoms with Crippen LogP contribution in [-0.2, 0) is 0 Å². The van der Waals surface area contributed by atoms with Gasteiger partial charge >= 0.3 is 0 Å². The van der Waals surface area contributed by atoms with E-state index in [1.54, 1.807) is 7.11 Å². The van der Waals surface area contributed by atoms with Gasteiger partial charge in [0, 0.05) is 12.6 Å². The summed E-state index contributed by atoms with van der Waals surface area (Å²) in [5, 5.41) is 12.3. The summed E-state index contributed by atoms with van der Waals surface area (Å²) in [7, 11) is 1.59. The van der Waals surface area contributed by atoms with Gasteiger partial charge in [-0.3, -0.25) is 0 Å². The van der Waals surface area contributed by atoms with Gasteiger partial charge in [0.05, 0.1) is 18.5 Å². The molecule has 1 aromatic rings. The van der Waals surface area contributed by atoms with Crippen LogP contribution in [-0.4, -0.2) is 24.9 Å². The largest absolute Gasteiger partial charge is 0.495 e. The normalized spacial score (nSPS) is 14.2. The first-order valence-corrected chi connectivity index (χ1v) is 5.40. The number of benzene rings is 1. The van der Waals surface area contributed by atoms with Crippen molar-refractivity contribution in [2.75, 3.05) is 24.8 Å². The van der Waals surface area contributed by atoms with Gasteiger partial charge in [-0.05, 0) is 25.0 Å². The fourth-order valence-electron chi connectivity index (χ4n) is 1.39. The molecule has 0 aliphatic rings. The van der Waals surface area contributed by atoms with E-state index in [1.165, 1.54) is 0 Å². The van der Waals surface area contributed by atoms with Crippen LogP contribution in [0.3, 0.4) is 0 Å². The average Bonchev–Trinajstić information content (AvgIpc) is 2.30. The van der Waals surface area contributed by atoms with E-state index in [2.05, 4.69) is 5.32 Å². The smallest absolute Gasteiger partial charge is 0.143 e. The topological polar surface area (TPSA) is 67.5 Å². The molecule has 90 valence electrons. The molecule has 0 aliphatic carbocycles. The molecule has 0 spiro atoms. The highest BCUT2D eigenvalue weighted by atomic mass is 16.5. The van der Waals surface area contributed by atoms with E-state index in [-0.39, 0.29) is 18.6 Å². The minimum absolute atomic E-state index is 0.151. The van der Waals surface area contributed by atoms with Crippen molar-refractivity contribution >= 4 is 11.4 Å². The van der Waals surface area contributed by atoms with Crippen molar-refractivity contribution in [1.29, 1.82) is 0 Å². The summed E-state index contributed by atoms with van der Waals surface area (Å²) in [6.07, 6.45) is 0. The first-order chi connectivity index (χ1) is 7.60. The number of aliphatic hydroxyl groups excluding tert-OH is 1. The molecule has 0 aliphatic heterocycles. The summed E-state index contributed by atoms with van der Waals surface area (Å²) in [6, 6.07) is 5.76. The number of methoxy groups -OCH3 is 1. The molecule has 4 N–H and O–H groups in total. The predicted octanol–water partition coefficient (Wildman–Crippen LogP) is 1.71. The van der Waals surface area contributed by atoms with E-state index in [9.17, 15) is 0 Å². The third-order valence-electron chi connectivity index (χ3n) is 2.81. The van der Waals surface area contributed by atoms with Crippen LogP contribution in [0, 0.1) is 5.92 Å². The molecule has 0 amide bonds. The Hall–Kier alpha value is -1.42. The fraction of sp³-hybridized carbons (Fsp3) is 0.500. The zero-order chi connectivity index (χ0) is 12.1. The first-order valence-electron chi connectivity index (χ1n) is 5.40. The first kappa shape index (κ1) is 12.6. The van der Waals surface area contributed by atoms with Crippen LogP contribution in [0.5, 0.6) is 5.75 Å². The number of hydrogen-bond donors (Lipinski definition) is 3. The second-order valence-electron chi connectivity index (χ2n) is 4.01. The molecular weight excluding hydrogens is 204 g/mol. The zero-order valence-electron chi connectivity index (χ0n) is 10.0. The number of nitrogens with two attached hydrogens (primary N) is 1. The van der Waals surface area contributed by atoms with E-state index < -0.39 is 0 Å². The van der Waals surface area contributed by atoms with Crippen molar-refractivity contribution in [1.82, 2.24) is 0 Å². The number of ether oxygens (including phenoxy) is 1. The standard InChI is InChI=1S/C12H20N2O2/c1-8(7-15)9(2)14-10-5-4-6-11(16-3)12(10)13/h4-6,8-9,14-15H,7,13H2,1-3H3. The molecule has 2 unspecified atom stereocenters. The van der Waals surface area contributed by atoms with Gasteiger partial charge in [0.15, 0.2) is 0 Å². The molecule has 0 saturated heterocycles. The Kier molecular flexibility index (Phi) is 4.43. The van der Waals surface area contributed by atoms with Crippen LogP contribution < -0.4 is 15.8 Å². The van der Waals surface area contributed by atoms with Gasteiger partial charge in [-0.1, -0.05) is 13.0 Å². The van der Waals surface area contributed by atoms with Crippen molar-refractivity contribution in [3.05, 3.63) is 18.2 Å². The quantitative estimate of drug-likeness (QED) is 0.666. The second kappa shape index (κ2) is 5.61. The summed E-state index contributed by atoms with van der Waals surface area (Å²) < 4.78 is 5.14. The minimum atomic E-state index is 0.151. The Labute approximate surface area is 96.4 Å². The summed E-state index contributed by atoms with van der Waals surface area (Å²) in [5.41, 5.74) is 7.37. The lowest BCUT2D eigenvalue weighted by Gasteiger charge is -2.22. The van der Waals surface area contributed by atoms with Gasteiger partial charge in [-0.15, -0.1) is 0 Å². The van der Waals surface area contributed by atoms with Crippen molar-refractivity contribution in [3.63, 3.8) is 0 Å². The highest BCUT2D eigenvalue weighted by Crippen LogP contribution is 2.29. The monoisotopic (exact) mass is 224 g/mol. The maximum Gasteiger partial charge on any atom is 0.143 e. The molecule has 0 heterocycles. The average molecular weight is 224 g/mol.